The zero-order valence-corrected chi connectivity index (χ0v) is 12.1. The molecule has 1 aromatic carbocycles. The molecule has 0 aliphatic carbocycles. The Morgan fingerprint density at radius 2 is 2.22 bits per heavy atom. The van der Waals surface area contributed by atoms with Crippen molar-refractivity contribution in [1.82, 2.24) is 0 Å². The molecular formula is C13H12BrNO2S. The number of benzene rings is 1. The van der Waals surface area contributed by atoms with E-state index in [1.807, 2.05) is 12.3 Å². The van der Waals surface area contributed by atoms with Crippen molar-refractivity contribution in [2.24, 2.45) is 0 Å². The number of hydrogen-bond acceptors (Lipinski definition) is 3. The van der Waals surface area contributed by atoms with Crippen molar-refractivity contribution < 1.29 is 9.90 Å². The second-order valence-electron chi connectivity index (χ2n) is 3.92. The van der Waals surface area contributed by atoms with E-state index in [-0.39, 0.29) is 0 Å². The lowest BCUT2D eigenvalue weighted by molar-refractivity contribution is 0.0697. The Hall–Kier alpha value is -1.33. The molecule has 0 amide bonds. The Morgan fingerprint density at radius 3 is 2.78 bits per heavy atom. The molecule has 0 spiro atoms. The van der Waals surface area contributed by atoms with Crippen molar-refractivity contribution in [3.63, 3.8) is 0 Å². The van der Waals surface area contributed by atoms with Crippen molar-refractivity contribution in [1.29, 1.82) is 0 Å². The first-order valence-corrected chi connectivity index (χ1v) is 7.04. The predicted molar refractivity (Wildman–Crippen MR) is 77.5 cm³/mol. The van der Waals surface area contributed by atoms with Gasteiger partial charge in [0.15, 0.2) is 0 Å². The largest absolute Gasteiger partial charge is 0.478 e. The number of anilines is 1. The van der Waals surface area contributed by atoms with Crippen LogP contribution < -0.4 is 5.32 Å². The predicted octanol–water partition coefficient (Wildman–Crippen LogP) is 4.13. The van der Waals surface area contributed by atoms with E-state index in [1.165, 1.54) is 4.88 Å². The Kier molecular flexibility index (Phi) is 4.04. The van der Waals surface area contributed by atoms with Gasteiger partial charge in [-0.25, -0.2) is 4.79 Å². The van der Waals surface area contributed by atoms with E-state index in [0.29, 0.717) is 5.56 Å². The van der Waals surface area contributed by atoms with Crippen LogP contribution in [0.5, 0.6) is 0 Å². The van der Waals surface area contributed by atoms with Crippen molar-refractivity contribution in [2.75, 3.05) is 5.32 Å². The number of rotatable bonds is 4. The molecule has 0 radical (unpaired) electrons. The van der Waals surface area contributed by atoms with Gasteiger partial charge < -0.3 is 10.4 Å². The van der Waals surface area contributed by atoms with Crippen molar-refractivity contribution in [3.8, 4) is 0 Å². The highest BCUT2D eigenvalue weighted by Gasteiger charge is 2.05. The summed E-state index contributed by atoms with van der Waals surface area (Å²) < 4.78 is 1.09. The van der Waals surface area contributed by atoms with Crippen LogP contribution in [-0.4, -0.2) is 11.1 Å². The summed E-state index contributed by atoms with van der Waals surface area (Å²) in [6, 6.07) is 7.16. The fourth-order valence-electron chi connectivity index (χ4n) is 1.62. The maximum absolute atomic E-state index is 10.8. The first-order chi connectivity index (χ1) is 8.56. The molecule has 1 heterocycles. The van der Waals surface area contributed by atoms with Crippen molar-refractivity contribution >= 4 is 38.9 Å². The molecule has 2 N–H and O–H groups in total. The minimum absolute atomic E-state index is 0.317. The Balaban J connectivity index is 2.08. The van der Waals surface area contributed by atoms with Gasteiger partial charge in [0.1, 0.15) is 0 Å². The van der Waals surface area contributed by atoms with E-state index >= 15 is 0 Å². The van der Waals surface area contributed by atoms with Gasteiger partial charge >= 0.3 is 5.97 Å². The molecule has 1 aromatic heterocycles. The summed E-state index contributed by atoms with van der Waals surface area (Å²) in [5.41, 5.74) is 2.21. The summed E-state index contributed by atoms with van der Waals surface area (Å²) in [6.45, 7) is 2.64. The fraction of sp³-hybridized carbons (Fsp3) is 0.154. The number of halogens is 1. The number of hydrogen-bond donors (Lipinski definition) is 2. The third-order valence-electron chi connectivity index (χ3n) is 2.55. The third-order valence-corrected chi connectivity index (χ3v) is 4.25. The monoisotopic (exact) mass is 325 g/mol. The van der Waals surface area contributed by atoms with Gasteiger partial charge in [0.05, 0.1) is 5.56 Å². The molecule has 0 fully saturated rings. The van der Waals surface area contributed by atoms with Crippen LogP contribution in [0.2, 0.25) is 0 Å². The van der Waals surface area contributed by atoms with Gasteiger partial charge in [-0.1, -0.05) is 0 Å². The summed E-state index contributed by atoms with van der Waals surface area (Å²) in [5, 5.41) is 14.2. The molecule has 0 saturated heterocycles. The van der Waals surface area contributed by atoms with Gasteiger partial charge in [-0.15, -0.1) is 11.3 Å². The Morgan fingerprint density at radius 1 is 1.44 bits per heavy atom. The van der Waals surface area contributed by atoms with Gasteiger partial charge in [-0.3, -0.25) is 0 Å². The van der Waals surface area contributed by atoms with Gasteiger partial charge in [0, 0.05) is 27.0 Å². The molecule has 0 aliphatic rings. The molecule has 2 rings (SSSR count). The van der Waals surface area contributed by atoms with Crippen LogP contribution in [0.25, 0.3) is 0 Å². The van der Waals surface area contributed by atoms with Gasteiger partial charge in [-0.05, 0) is 52.7 Å². The highest BCUT2D eigenvalue weighted by atomic mass is 79.9. The number of carboxylic acids is 1. The fourth-order valence-corrected chi connectivity index (χ4v) is 3.01. The minimum atomic E-state index is -0.896. The minimum Gasteiger partial charge on any atom is -0.478 e. The van der Waals surface area contributed by atoms with Crippen LogP contribution in [0.1, 0.15) is 20.8 Å². The first kappa shape index (κ1) is 13.1. The van der Waals surface area contributed by atoms with E-state index in [4.69, 9.17) is 5.11 Å². The van der Waals surface area contributed by atoms with E-state index < -0.39 is 5.97 Å². The second-order valence-corrected chi connectivity index (χ2v) is 5.83. The van der Waals surface area contributed by atoms with Crippen LogP contribution >= 0.6 is 27.3 Å². The SMILES string of the molecule is Cc1cc(C(=O)O)ccc1NCc1cc(Br)cs1. The lowest BCUT2D eigenvalue weighted by atomic mass is 10.1. The number of aryl methyl sites for hydroxylation is 1. The lowest BCUT2D eigenvalue weighted by Gasteiger charge is -2.09. The summed E-state index contributed by atoms with van der Waals surface area (Å²) in [7, 11) is 0. The highest BCUT2D eigenvalue weighted by molar-refractivity contribution is 9.10. The summed E-state index contributed by atoms with van der Waals surface area (Å²) in [6.07, 6.45) is 0. The van der Waals surface area contributed by atoms with Gasteiger partial charge in [0.2, 0.25) is 0 Å². The maximum Gasteiger partial charge on any atom is 0.335 e. The van der Waals surface area contributed by atoms with E-state index in [0.717, 1.165) is 22.3 Å². The Bertz CT molecular complexity index is 580. The topological polar surface area (TPSA) is 49.3 Å². The van der Waals surface area contributed by atoms with Crippen LogP contribution in [0.4, 0.5) is 5.69 Å². The normalized spacial score (nSPS) is 10.3. The zero-order chi connectivity index (χ0) is 13.1. The van der Waals surface area contributed by atoms with Crippen molar-refractivity contribution in [3.05, 3.63) is 50.1 Å². The molecular weight excluding hydrogens is 314 g/mol. The van der Waals surface area contributed by atoms with E-state index in [1.54, 1.807) is 29.5 Å². The molecule has 2 aromatic rings. The molecule has 3 nitrogen and oxygen atoms in total. The molecule has 0 bridgehead atoms. The quantitative estimate of drug-likeness (QED) is 0.888. The smallest absolute Gasteiger partial charge is 0.335 e. The summed E-state index contributed by atoms with van der Waals surface area (Å²) >= 11 is 5.09. The standard InChI is InChI=1S/C13H12BrNO2S/c1-8-4-9(13(16)17)2-3-12(8)15-6-11-5-10(14)7-18-11/h2-5,7,15H,6H2,1H3,(H,16,17). The molecule has 0 unspecified atom stereocenters. The summed E-state index contributed by atoms with van der Waals surface area (Å²) in [4.78, 5) is 12.0. The van der Waals surface area contributed by atoms with E-state index in [9.17, 15) is 4.79 Å². The zero-order valence-electron chi connectivity index (χ0n) is 9.74. The van der Waals surface area contributed by atoms with Crippen molar-refractivity contribution in [2.45, 2.75) is 13.5 Å². The average molecular weight is 326 g/mol. The summed E-state index contributed by atoms with van der Waals surface area (Å²) in [5.74, 6) is -0.896. The Labute approximate surface area is 118 Å². The highest BCUT2D eigenvalue weighted by Crippen LogP contribution is 2.22. The number of carbonyl (C=O) groups is 1. The molecule has 0 atom stereocenters. The first-order valence-electron chi connectivity index (χ1n) is 5.37. The lowest BCUT2D eigenvalue weighted by Crippen LogP contribution is -2.02. The van der Waals surface area contributed by atoms with Crippen LogP contribution in [0.3, 0.4) is 0 Å². The molecule has 5 heteroatoms. The van der Waals surface area contributed by atoms with Gasteiger partial charge in [0.25, 0.3) is 0 Å². The van der Waals surface area contributed by atoms with Crippen LogP contribution in [-0.2, 0) is 6.54 Å². The number of carboxylic acid groups (broad SMARTS) is 1. The molecule has 0 saturated carbocycles. The maximum atomic E-state index is 10.8. The number of nitrogens with one attached hydrogen (secondary N) is 1. The van der Waals surface area contributed by atoms with Crippen LogP contribution in [0.15, 0.2) is 34.1 Å². The third kappa shape index (κ3) is 3.11. The molecule has 94 valence electrons. The second kappa shape index (κ2) is 5.54. The van der Waals surface area contributed by atoms with Crippen LogP contribution in [0, 0.1) is 6.92 Å². The van der Waals surface area contributed by atoms with E-state index in [2.05, 4.69) is 27.3 Å². The van der Waals surface area contributed by atoms with Gasteiger partial charge in [-0.2, -0.15) is 0 Å². The molecule has 0 aliphatic heterocycles. The number of aromatic carboxylic acids is 1. The molecule has 18 heavy (non-hydrogen) atoms. The number of thiophene rings is 1. The average Bonchev–Trinajstić information content (AvgIpc) is 2.73.